The van der Waals surface area contributed by atoms with E-state index in [1.165, 1.54) is 11.8 Å². The summed E-state index contributed by atoms with van der Waals surface area (Å²) in [4.78, 5) is 38.4. The van der Waals surface area contributed by atoms with E-state index < -0.39 is 6.04 Å². The van der Waals surface area contributed by atoms with Gasteiger partial charge in [0.15, 0.2) is 5.78 Å². The Morgan fingerprint density at radius 2 is 2.05 bits per heavy atom. The number of nitrogens with one attached hydrogen (secondary N) is 1. The number of hydrogen-bond donors (Lipinski definition) is 2. The molecule has 114 valence electrons. The number of nitrogens with two attached hydrogens (primary N) is 1. The normalized spacial score (nSPS) is 21.4. The molecule has 2 atom stereocenters. The number of Topliss-reactive ketones (excluding diaryl/α,β-unsaturated/α-hetero) is 1. The lowest BCUT2D eigenvalue weighted by molar-refractivity contribution is -0.124. The smallest absolute Gasteiger partial charge is 0.264 e. The fourth-order valence-electron chi connectivity index (χ4n) is 2.42. The summed E-state index contributed by atoms with van der Waals surface area (Å²) in [5.74, 6) is -0.490. The number of thiophene rings is 1. The molecule has 0 unspecified atom stereocenters. The number of hydrogen-bond acceptors (Lipinski definition) is 5. The second-order valence-corrected chi connectivity index (χ2v) is 6.17. The molecular weight excluding hydrogens is 290 g/mol. The molecule has 2 heterocycles. The van der Waals surface area contributed by atoms with E-state index in [2.05, 4.69) is 5.32 Å². The van der Waals surface area contributed by atoms with Gasteiger partial charge in [0.25, 0.3) is 5.91 Å². The van der Waals surface area contributed by atoms with E-state index in [9.17, 15) is 14.4 Å². The Hall–Kier alpha value is -1.73. The Bertz CT molecular complexity index is 570. The molecule has 7 heteroatoms. The molecule has 1 aliphatic heterocycles. The average molecular weight is 309 g/mol. The minimum absolute atomic E-state index is 0.0718. The van der Waals surface area contributed by atoms with Crippen LogP contribution < -0.4 is 11.1 Å². The summed E-state index contributed by atoms with van der Waals surface area (Å²) >= 11 is 1.15. The van der Waals surface area contributed by atoms with Gasteiger partial charge in [0, 0.05) is 19.1 Å². The lowest BCUT2D eigenvalue weighted by Crippen LogP contribution is -2.45. The first-order chi connectivity index (χ1) is 9.93. The van der Waals surface area contributed by atoms with Gasteiger partial charge in [-0.05, 0) is 32.4 Å². The highest BCUT2D eigenvalue weighted by Gasteiger charge is 2.38. The van der Waals surface area contributed by atoms with Crippen molar-refractivity contribution >= 4 is 28.9 Å². The molecule has 0 bridgehead atoms. The van der Waals surface area contributed by atoms with Gasteiger partial charge < -0.3 is 16.0 Å². The SMILES string of the molecule is CCNC(=O)[C@@H]1C[C@H](N)CN1C(=O)c1ccc(C(C)=O)s1. The van der Waals surface area contributed by atoms with Crippen molar-refractivity contribution in [2.75, 3.05) is 13.1 Å². The molecule has 0 aliphatic carbocycles. The fraction of sp³-hybridized carbons (Fsp3) is 0.500. The second kappa shape index (κ2) is 6.36. The van der Waals surface area contributed by atoms with Crippen LogP contribution in [0.3, 0.4) is 0 Å². The van der Waals surface area contributed by atoms with Gasteiger partial charge in [0.1, 0.15) is 6.04 Å². The molecule has 1 aromatic rings. The van der Waals surface area contributed by atoms with Crippen LogP contribution >= 0.6 is 11.3 Å². The zero-order chi connectivity index (χ0) is 15.6. The third-order valence-electron chi connectivity index (χ3n) is 3.41. The summed E-state index contributed by atoms with van der Waals surface area (Å²) in [6, 6.07) is 2.53. The first kappa shape index (κ1) is 15.7. The second-order valence-electron chi connectivity index (χ2n) is 5.08. The summed E-state index contributed by atoms with van der Waals surface area (Å²) in [7, 11) is 0. The molecular formula is C14H19N3O3S. The maximum atomic E-state index is 12.5. The Labute approximate surface area is 127 Å². The fourth-order valence-corrected chi connectivity index (χ4v) is 3.27. The Kier molecular flexibility index (Phi) is 4.74. The first-order valence-corrected chi connectivity index (χ1v) is 7.70. The van der Waals surface area contributed by atoms with Crippen LogP contribution in [0.25, 0.3) is 0 Å². The molecule has 1 aromatic heterocycles. The van der Waals surface area contributed by atoms with Crippen LogP contribution in [0.1, 0.15) is 39.6 Å². The molecule has 0 saturated carbocycles. The number of likely N-dealkylation sites (N-methyl/N-ethyl adjacent to an activating group) is 1. The largest absolute Gasteiger partial charge is 0.355 e. The summed E-state index contributed by atoms with van der Waals surface area (Å²) < 4.78 is 0. The summed E-state index contributed by atoms with van der Waals surface area (Å²) in [5, 5.41) is 2.73. The van der Waals surface area contributed by atoms with Crippen molar-refractivity contribution in [3.05, 3.63) is 21.9 Å². The number of ketones is 1. The van der Waals surface area contributed by atoms with Crippen molar-refractivity contribution < 1.29 is 14.4 Å². The van der Waals surface area contributed by atoms with E-state index >= 15 is 0 Å². The lowest BCUT2D eigenvalue weighted by Gasteiger charge is -2.22. The highest BCUT2D eigenvalue weighted by molar-refractivity contribution is 7.15. The summed E-state index contributed by atoms with van der Waals surface area (Å²) in [5.41, 5.74) is 5.89. The molecule has 6 nitrogen and oxygen atoms in total. The quantitative estimate of drug-likeness (QED) is 0.798. The number of amides is 2. The highest BCUT2D eigenvalue weighted by atomic mass is 32.1. The molecule has 0 aromatic carbocycles. The number of carbonyl (C=O) groups is 3. The average Bonchev–Trinajstić information content (AvgIpc) is 3.04. The summed E-state index contributed by atoms with van der Waals surface area (Å²) in [6.07, 6.45) is 0.461. The highest BCUT2D eigenvalue weighted by Crippen LogP contribution is 2.24. The van der Waals surface area contributed by atoms with Crippen molar-refractivity contribution in [3.63, 3.8) is 0 Å². The first-order valence-electron chi connectivity index (χ1n) is 6.89. The minimum atomic E-state index is -0.532. The molecule has 21 heavy (non-hydrogen) atoms. The number of nitrogens with zero attached hydrogens (tertiary/aromatic N) is 1. The van der Waals surface area contributed by atoms with Gasteiger partial charge in [-0.15, -0.1) is 11.3 Å². The zero-order valence-electron chi connectivity index (χ0n) is 12.1. The predicted octanol–water partition coefficient (Wildman–Crippen LogP) is 0.629. The van der Waals surface area contributed by atoms with Crippen LogP contribution in [-0.2, 0) is 4.79 Å². The molecule has 0 spiro atoms. The Morgan fingerprint density at radius 1 is 1.38 bits per heavy atom. The minimum Gasteiger partial charge on any atom is -0.355 e. The third-order valence-corrected chi connectivity index (χ3v) is 4.59. The van der Waals surface area contributed by atoms with E-state index in [1.54, 1.807) is 12.1 Å². The van der Waals surface area contributed by atoms with Crippen molar-refractivity contribution in [3.8, 4) is 0 Å². The van der Waals surface area contributed by atoms with Gasteiger partial charge in [-0.3, -0.25) is 14.4 Å². The van der Waals surface area contributed by atoms with Crippen LogP contribution in [0.4, 0.5) is 0 Å². The van der Waals surface area contributed by atoms with Crippen molar-refractivity contribution in [1.29, 1.82) is 0 Å². The molecule has 3 N–H and O–H groups in total. The van der Waals surface area contributed by atoms with E-state index in [0.29, 0.717) is 29.3 Å². The van der Waals surface area contributed by atoms with Gasteiger partial charge in [-0.25, -0.2) is 0 Å². The molecule has 0 radical (unpaired) electrons. The van der Waals surface area contributed by atoms with E-state index in [-0.39, 0.29) is 23.6 Å². The summed E-state index contributed by atoms with van der Waals surface area (Å²) in [6.45, 7) is 4.16. The maximum absolute atomic E-state index is 12.5. The Morgan fingerprint density at radius 3 is 2.62 bits per heavy atom. The van der Waals surface area contributed by atoms with E-state index in [0.717, 1.165) is 11.3 Å². The van der Waals surface area contributed by atoms with Gasteiger partial charge >= 0.3 is 0 Å². The van der Waals surface area contributed by atoms with Gasteiger partial charge in [0.05, 0.1) is 9.75 Å². The predicted molar refractivity (Wildman–Crippen MR) is 80.4 cm³/mol. The van der Waals surface area contributed by atoms with Gasteiger partial charge in [0.2, 0.25) is 5.91 Å². The lowest BCUT2D eigenvalue weighted by atomic mass is 10.1. The van der Waals surface area contributed by atoms with Crippen molar-refractivity contribution in [1.82, 2.24) is 10.2 Å². The van der Waals surface area contributed by atoms with E-state index in [1.807, 2.05) is 6.92 Å². The van der Waals surface area contributed by atoms with Crippen LogP contribution in [0.5, 0.6) is 0 Å². The standard InChI is InChI=1S/C14H19N3O3S/c1-3-16-13(19)10-6-9(15)7-17(10)14(20)12-5-4-11(21-12)8(2)18/h4-5,9-10H,3,6-7,15H2,1-2H3,(H,16,19)/t9-,10-/m0/s1. The van der Waals surface area contributed by atoms with Gasteiger partial charge in [-0.2, -0.15) is 0 Å². The maximum Gasteiger partial charge on any atom is 0.264 e. The topological polar surface area (TPSA) is 92.5 Å². The van der Waals surface area contributed by atoms with Crippen LogP contribution in [-0.4, -0.2) is 47.7 Å². The van der Waals surface area contributed by atoms with Crippen LogP contribution in [0.15, 0.2) is 12.1 Å². The molecule has 2 rings (SSSR count). The Balaban J connectivity index is 2.19. The molecule has 1 aliphatic rings. The van der Waals surface area contributed by atoms with Crippen molar-refractivity contribution in [2.45, 2.75) is 32.4 Å². The van der Waals surface area contributed by atoms with Crippen LogP contribution in [0, 0.1) is 0 Å². The number of rotatable bonds is 4. The van der Waals surface area contributed by atoms with Gasteiger partial charge in [-0.1, -0.05) is 0 Å². The number of likely N-dealkylation sites (tertiary alicyclic amines) is 1. The molecule has 1 fully saturated rings. The molecule has 1 saturated heterocycles. The molecule has 2 amide bonds. The van der Waals surface area contributed by atoms with Crippen LogP contribution in [0.2, 0.25) is 0 Å². The number of carbonyl (C=O) groups excluding carboxylic acids is 3. The van der Waals surface area contributed by atoms with Crippen molar-refractivity contribution in [2.24, 2.45) is 5.73 Å². The monoisotopic (exact) mass is 309 g/mol. The van der Waals surface area contributed by atoms with E-state index in [4.69, 9.17) is 5.73 Å². The zero-order valence-corrected chi connectivity index (χ0v) is 12.9. The third kappa shape index (κ3) is 3.30.